The van der Waals surface area contributed by atoms with Gasteiger partial charge in [-0.3, -0.25) is 0 Å². The first-order valence-corrected chi connectivity index (χ1v) is 8.23. The third-order valence-electron chi connectivity index (χ3n) is 5.33. The Balaban J connectivity index is 2.16. The van der Waals surface area contributed by atoms with Gasteiger partial charge in [-0.15, -0.1) is 0 Å². The van der Waals surface area contributed by atoms with Crippen molar-refractivity contribution in [1.82, 2.24) is 9.55 Å². The van der Waals surface area contributed by atoms with Crippen molar-refractivity contribution in [2.45, 2.75) is 0 Å². The third-order valence-corrected chi connectivity index (χ3v) is 5.33. The van der Waals surface area contributed by atoms with E-state index in [1.807, 2.05) is 6.33 Å². The molecule has 1 aromatic heterocycles. The fourth-order valence-electron chi connectivity index (χ4n) is 4.38. The van der Waals surface area contributed by atoms with E-state index in [0.29, 0.717) is 0 Å². The zero-order valence-electron chi connectivity index (χ0n) is 13.2. The highest BCUT2D eigenvalue weighted by Gasteiger charge is 2.18. The lowest BCUT2D eigenvalue weighted by Crippen LogP contribution is -1.91. The average molecular weight is 306 g/mol. The van der Waals surface area contributed by atoms with E-state index in [1.54, 1.807) is 0 Å². The summed E-state index contributed by atoms with van der Waals surface area (Å²) in [5, 5.41) is 10.5. The maximum absolute atomic E-state index is 4.71. The van der Waals surface area contributed by atoms with E-state index in [1.165, 1.54) is 48.6 Å². The molecule has 2 nitrogen and oxygen atoms in total. The molecule has 0 bridgehead atoms. The van der Waals surface area contributed by atoms with Crippen molar-refractivity contribution in [2.24, 2.45) is 7.05 Å². The van der Waals surface area contributed by atoms with E-state index in [9.17, 15) is 0 Å². The molecule has 0 saturated heterocycles. The Morgan fingerprint density at radius 2 is 1.17 bits per heavy atom. The van der Waals surface area contributed by atoms with Crippen LogP contribution in [0.5, 0.6) is 0 Å². The molecule has 0 aliphatic heterocycles. The molecule has 0 unspecified atom stereocenters. The lowest BCUT2D eigenvalue weighted by molar-refractivity contribution is 0.951. The van der Waals surface area contributed by atoms with E-state index in [4.69, 9.17) is 4.98 Å². The molecule has 0 amide bonds. The second-order valence-electron chi connectivity index (χ2n) is 6.55. The van der Waals surface area contributed by atoms with Gasteiger partial charge < -0.3 is 4.57 Å². The highest BCUT2D eigenvalue weighted by molar-refractivity contribution is 6.39. The Hall–Kier alpha value is -3.13. The normalized spacial score (nSPS) is 12.4. The Morgan fingerprint density at radius 1 is 0.625 bits per heavy atom. The van der Waals surface area contributed by atoms with Crippen LogP contribution in [0, 0.1) is 0 Å². The lowest BCUT2D eigenvalue weighted by atomic mass is 9.88. The van der Waals surface area contributed by atoms with Gasteiger partial charge in [0.15, 0.2) is 0 Å². The predicted molar refractivity (Wildman–Crippen MR) is 102 cm³/mol. The summed E-state index contributed by atoms with van der Waals surface area (Å²) in [6, 6.07) is 22.0. The van der Waals surface area contributed by atoms with E-state index in [2.05, 4.69) is 72.3 Å². The van der Waals surface area contributed by atoms with Crippen LogP contribution >= 0.6 is 0 Å². The molecule has 0 N–H and O–H groups in total. The minimum atomic E-state index is 1.10. The quantitative estimate of drug-likeness (QED) is 0.263. The van der Waals surface area contributed by atoms with Gasteiger partial charge in [0.05, 0.1) is 17.4 Å². The summed E-state index contributed by atoms with van der Waals surface area (Å²) in [5.74, 6) is 0. The fraction of sp³-hybridized carbons (Fsp3) is 0.0455. The summed E-state index contributed by atoms with van der Waals surface area (Å²) in [6.07, 6.45) is 1.92. The average Bonchev–Trinajstić information content (AvgIpc) is 3.03. The maximum Gasteiger partial charge on any atom is 0.0969 e. The van der Waals surface area contributed by atoms with Crippen molar-refractivity contribution >= 4 is 54.1 Å². The topological polar surface area (TPSA) is 17.8 Å². The van der Waals surface area contributed by atoms with Crippen LogP contribution in [0.25, 0.3) is 54.1 Å². The number of hydrogen-bond donors (Lipinski definition) is 0. The van der Waals surface area contributed by atoms with Gasteiger partial charge in [0.1, 0.15) is 0 Å². The van der Waals surface area contributed by atoms with Crippen LogP contribution in [0.2, 0.25) is 0 Å². The first-order chi connectivity index (χ1) is 11.8. The summed E-state index contributed by atoms with van der Waals surface area (Å²) in [7, 11) is 2.08. The molecular formula is C22H14N2. The van der Waals surface area contributed by atoms with Crippen molar-refractivity contribution in [3.8, 4) is 0 Å². The molecule has 0 aliphatic rings. The summed E-state index contributed by atoms with van der Waals surface area (Å²) < 4.78 is 2.14. The number of aromatic nitrogens is 2. The minimum absolute atomic E-state index is 1.10. The van der Waals surface area contributed by atoms with Crippen molar-refractivity contribution in [1.29, 1.82) is 0 Å². The van der Waals surface area contributed by atoms with Crippen LogP contribution in [0.15, 0.2) is 67.0 Å². The van der Waals surface area contributed by atoms with Crippen molar-refractivity contribution in [2.75, 3.05) is 0 Å². The number of aryl methyl sites for hydroxylation is 1. The van der Waals surface area contributed by atoms with Crippen molar-refractivity contribution in [3.05, 3.63) is 67.0 Å². The number of nitrogens with zero attached hydrogens (tertiary/aromatic N) is 2. The van der Waals surface area contributed by atoms with Gasteiger partial charge >= 0.3 is 0 Å². The summed E-state index contributed by atoms with van der Waals surface area (Å²) in [5.41, 5.74) is 2.31. The molecule has 0 fully saturated rings. The molecule has 1 heterocycles. The Kier molecular flexibility index (Phi) is 2.07. The van der Waals surface area contributed by atoms with Gasteiger partial charge in [-0.2, -0.15) is 0 Å². The van der Waals surface area contributed by atoms with Gasteiger partial charge in [0.25, 0.3) is 0 Å². The summed E-state index contributed by atoms with van der Waals surface area (Å²) >= 11 is 0. The van der Waals surface area contributed by atoms with Crippen LogP contribution in [0.3, 0.4) is 0 Å². The van der Waals surface area contributed by atoms with E-state index >= 15 is 0 Å². The van der Waals surface area contributed by atoms with Gasteiger partial charge in [-0.1, -0.05) is 60.7 Å². The van der Waals surface area contributed by atoms with Gasteiger partial charge in [-0.25, -0.2) is 4.98 Å². The third kappa shape index (κ3) is 1.27. The molecule has 24 heavy (non-hydrogen) atoms. The standard InChI is InChI=1S/C22H14N2/c1-24-12-23-21-17-10-4-8-15-13-6-2-3-7-14(13)16-9-5-11-18(22(21)24)20(16)19(15)17/h2-12H,1H3. The Bertz CT molecular complexity index is 1410. The molecule has 2 heteroatoms. The van der Waals surface area contributed by atoms with Gasteiger partial charge in [0.2, 0.25) is 0 Å². The predicted octanol–water partition coefficient (Wildman–Crippen LogP) is 5.62. The first kappa shape index (κ1) is 12.3. The zero-order valence-corrected chi connectivity index (χ0v) is 13.2. The SMILES string of the molecule is Cn1cnc2c3cccc4c5ccccc5c5cccc(c5c43)c21. The van der Waals surface area contributed by atoms with Crippen molar-refractivity contribution < 1.29 is 0 Å². The number of rotatable bonds is 0. The second-order valence-corrected chi connectivity index (χ2v) is 6.55. The van der Waals surface area contributed by atoms with Crippen molar-refractivity contribution in [3.63, 3.8) is 0 Å². The molecule has 0 saturated carbocycles. The monoisotopic (exact) mass is 306 g/mol. The molecule has 5 aromatic carbocycles. The smallest absolute Gasteiger partial charge is 0.0969 e. The number of hydrogen-bond acceptors (Lipinski definition) is 1. The molecule has 0 atom stereocenters. The van der Waals surface area contributed by atoms with E-state index in [0.717, 1.165) is 5.52 Å². The highest BCUT2D eigenvalue weighted by Crippen LogP contribution is 2.43. The Labute approximate surface area is 138 Å². The molecule has 6 aromatic rings. The molecule has 6 rings (SSSR count). The van der Waals surface area contributed by atoms with Gasteiger partial charge in [0, 0.05) is 28.6 Å². The lowest BCUT2D eigenvalue weighted by Gasteiger charge is -2.15. The number of fused-ring (bicyclic) bond motifs is 6. The molecular weight excluding hydrogens is 292 g/mol. The molecule has 0 spiro atoms. The highest BCUT2D eigenvalue weighted by atomic mass is 15.0. The summed E-state index contributed by atoms with van der Waals surface area (Å²) in [6.45, 7) is 0. The van der Waals surface area contributed by atoms with Crippen LogP contribution < -0.4 is 0 Å². The molecule has 0 aliphatic carbocycles. The van der Waals surface area contributed by atoms with Crippen LogP contribution in [-0.2, 0) is 7.05 Å². The summed E-state index contributed by atoms with van der Waals surface area (Å²) in [4.78, 5) is 4.71. The van der Waals surface area contributed by atoms with E-state index < -0.39 is 0 Å². The molecule has 112 valence electrons. The zero-order chi connectivity index (χ0) is 15.8. The largest absolute Gasteiger partial charge is 0.333 e. The minimum Gasteiger partial charge on any atom is -0.333 e. The van der Waals surface area contributed by atoms with Crippen LogP contribution in [0.4, 0.5) is 0 Å². The Morgan fingerprint density at radius 3 is 1.88 bits per heavy atom. The van der Waals surface area contributed by atoms with Crippen LogP contribution in [0.1, 0.15) is 0 Å². The second kappa shape index (κ2) is 4.04. The van der Waals surface area contributed by atoms with Gasteiger partial charge in [-0.05, 0) is 21.5 Å². The number of benzene rings is 5. The maximum atomic E-state index is 4.71. The first-order valence-electron chi connectivity index (χ1n) is 8.23. The fourth-order valence-corrected chi connectivity index (χ4v) is 4.38. The number of imidazole rings is 1. The molecule has 0 radical (unpaired) electrons. The van der Waals surface area contributed by atoms with E-state index in [-0.39, 0.29) is 0 Å². The van der Waals surface area contributed by atoms with Crippen LogP contribution in [-0.4, -0.2) is 9.55 Å².